The molecule has 0 aromatic heterocycles. The summed E-state index contributed by atoms with van der Waals surface area (Å²) < 4.78 is 31.2. The zero-order valence-corrected chi connectivity index (χ0v) is 19.8. The van der Waals surface area contributed by atoms with Gasteiger partial charge in [0.2, 0.25) is 5.91 Å². The van der Waals surface area contributed by atoms with Gasteiger partial charge in [0.1, 0.15) is 10.6 Å². The average molecular weight is 563 g/mol. The van der Waals surface area contributed by atoms with Crippen LogP contribution in [0.5, 0.6) is 5.75 Å². The van der Waals surface area contributed by atoms with Gasteiger partial charge in [0.05, 0.1) is 6.21 Å². The summed E-state index contributed by atoms with van der Waals surface area (Å²) in [6.45, 7) is 1.36. The standard InChI is InChI=1S/C22H18IN3O5S/c1-15(27)25-19-8-10-21(11-9-19)32(29,30)31-20-7-2-4-16(12-20)14-24-26-22(28)17-5-3-6-18(23)13-17/h2-14H,1H3,(H,25,27)(H,26,28)/b24-14-. The molecule has 164 valence electrons. The maximum atomic E-state index is 12.5. The van der Waals surface area contributed by atoms with Crippen LogP contribution in [0.3, 0.4) is 0 Å². The number of carbonyl (C=O) groups is 2. The van der Waals surface area contributed by atoms with Crippen molar-refractivity contribution >= 4 is 56.4 Å². The number of amides is 2. The summed E-state index contributed by atoms with van der Waals surface area (Å²) in [6.07, 6.45) is 1.38. The number of hydrogen-bond acceptors (Lipinski definition) is 6. The number of anilines is 1. The second-order valence-corrected chi connectivity index (χ2v) is 9.32. The number of nitrogens with zero attached hydrogens (tertiary/aromatic N) is 1. The van der Waals surface area contributed by atoms with Crippen LogP contribution in [0.1, 0.15) is 22.8 Å². The minimum atomic E-state index is -4.08. The molecule has 0 heterocycles. The normalized spacial score (nSPS) is 11.2. The lowest BCUT2D eigenvalue weighted by molar-refractivity contribution is -0.114. The van der Waals surface area contributed by atoms with Gasteiger partial charge in [-0.25, -0.2) is 5.43 Å². The summed E-state index contributed by atoms with van der Waals surface area (Å²) >= 11 is 2.11. The largest absolute Gasteiger partial charge is 0.379 e. The predicted molar refractivity (Wildman–Crippen MR) is 129 cm³/mol. The Bertz CT molecular complexity index is 1270. The fourth-order valence-electron chi connectivity index (χ4n) is 2.59. The van der Waals surface area contributed by atoms with Crippen LogP contribution in [0.25, 0.3) is 0 Å². The van der Waals surface area contributed by atoms with E-state index in [0.29, 0.717) is 16.8 Å². The van der Waals surface area contributed by atoms with Crippen LogP contribution in [-0.4, -0.2) is 26.4 Å². The third kappa shape index (κ3) is 6.62. The average Bonchev–Trinajstić information content (AvgIpc) is 2.73. The van der Waals surface area contributed by atoms with E-state index in [-0.39, 0.29) is 22.5 Å². The van der Waals surface area contributed by atoms with Gasteiger partial charge in [-0.1, -0.05) is 18.2 Å². The van der Waals surface area contributed by atoms with Crippen molar-refractivity contribution in [1.82, 2.24) is 5.43 Å². The van der Waals surface area contributed by atoms with Gasteiger partial charge >= 0.3 is 10.1 Å². The van der Waals surface area contributed by atoms with Crippen LogP contribution < -0.4 is 14.9 Å². The Balaban J connectivity index is 1.66. The molecule has 0 bridgehead atoms. The molecule has 0 saturated heterocycles. The Morgan fingerprint density at radius 3 is 2.41 bits per heavy atom. The number of rotatable bonds is 7. The van der Waals surface area contributed by atoms with E-state index in [0.717, 1.165) is 3.57 Å². The first kappa shape index (κ1) is 23.4. The molecular weight excluding hydrogens is 545 g/mol. The van der Waals surface area contributed by atoms with Crippen LogP contribution in [0.2, 0.25) is 0 Å². The molecule has 0 unspecified atom stereocenters. The van der Waals surface area contributed by atoms with Crippen molar-refractivity contribution in [3.05, 3.63) is 87.5 Å². The molecule has 0 spiro atoms. The first-order chi connectivity index (χ1) is 15.2. The van der Waals surface area contributed by atoms with E-state index < -0.39 is 10.1 Å². The summed E-state index contributed by atoms with van der Waals surface area (Å²) in [6, 6.07) is 18.9. The van der Waals surface area contributed by atoms with E-state index in [1.807, 2.05) is 6.07 Å². The lowest BCUT2D eigenvalue weighted by Gasteiger charge is -2.08. The molecule has 0 atom stereocenters. The number of nitrogens with one attached hydrogen (secondary N) is 2. The zero-order chi connectivity index (χ0) is 23.1. The van der Waals surface area contributed by atoms with Crippen molar-refractivity contribution in [2.45, 2.75) is 11.8 Å². The van der Waals surface area contributed by atoms with E-state index in [1.165, 1.54) is 49.5 Å². The second-order valence-electron chi connectivity index (χ2n) is 6.52. The first-order valence-corrected chi connectivity index (χ1v) is 11.7. The number of hydrazone groups is 1. The van der Waals surface area contributed by atoms with Gasteiger partial charge in [-0.2, -0.15) is 13.5 Å². The molecule has 32 heavy (non-hydrogen) atoms. The lowest BCUT2D eigenvalue weighted by atomic mass is 10.2. The maximum absolute atomic E-state index is 12.5. The molecule has 0 radical (unpaired) electrons. The number of halogens is 1. The van der Waals surface area contributed by atoms with E-state index in [9.17, 15) is 18.0 Å². The van der Waals surface area contributed by atoms with Crippen LogP contribution in [0, 0.1) is 3.57 Å². The van der Waals surface area contributed by atoms with Crippen molar-refractivity contribution in [3.63, 3.8) is 0 Å². The quantitative estimate of drug-likeness (QED) is 0.197. The molecule has 0 aliphatic heterocycles. The Hall–Kier alpha value is -3.25. The highest BCUT2D eigenvalue weighted by Crippen LogP contribution is 2.21. The predicted octanol–water partition coefficient (Wildman–Crippen LogP) is 3.78. The van der Waals surface area contributed by atoms with Crippen molar-refractivity contribution in [1.29, 1.82) is 0 Å². The number of benzene rings is 3. The van der Waals surface area contributed by atoms with E-state index in [4.69, 9.17) is 4.18 Å². The molecule has 3 aromatic rings. The highest BCUT2D eigenvalue weighted by atomic mass is 127. The van der Waals surface area contributed by atoms with Gasteiger partial charge in [0.15, 0.2) is 0 Å². The van der Waals surface area contributed by atoms with Crippen LogP contribution in [0.4, 0.5) is 5.69 Å². The summed E-state index contributed by atoms with van der Waals surface area (Å²) in [5.74, 6) is -0.536. The van der Waals surface area contributed by atoms with Gasteiger partial charge in [0, 0.05) is 21.7 Å². The van der Waals surface area contributed by atoms with E-state index in [1.54, 1.807) is 30.3 Å². The molecule has 2 N–H and O–H groups in total. The zero-order valence-electron chi connectivity index (χ0n) is 16.8. The Kier molecular flexibility index (Phi) is 7.59. The van der Waals surface area contributed by atoms with Crippen LogP contribution >= 0.6 is 22.6 Å². The fourth-order valence-corrected chi connectivity index (χ4v) is 4.06. The Morgan fingerprint density at radius 2 is 1.72 bits per heavy atom. The minimum Gasteiger partial charge on any atom is -0.379 e. The minimum absolute atomic E-state index is 0.0598. The molecule has 3 rings (SSSR count). The van der Waals surface area contributed by atoms with Crippen LogP contribution in [0.15, 0.2) is 82.8 Å². The molecule has 0 aliphatic rings. The molecule has 8 nitrogen and oxygen atoms in total. The molecule has 0 fully saturated rings. The highest BCUT2D eigenvalue weighted by Gasteiger charge is 2.17. The number of carbonyl (C=O) groups excluding carboxylic acids is 2. The SMILES string of the molecule is CC(=O)Nc1ccc(S(=O)(=O)Oc2cccc(/C=N\NC(=O)c3cccc(I)c3)c2)cc1. The van der Waals surface area contributed by atoms with E-state index >= 15 is 0 Å². The summed E-state index contributed by atoms with van der Waals surface area (Å²) in [7, 11) is -4.08. The summed E-state index contributed by atoms with van der Waals surface area (Å²) in [4.78, 5) is 23.1. The van der Waals surface area contributed by atoms with Gasteiger partial charge in [-0.3, -0.25) is 9.59 Å². The monoisotopic (exact) mass is 563 g/mol. The topological polar surface area (TPSA) is 114 Å². The smallest absolute Gasteiger partial charge is 0.339 e. The molecule has 0 saturated carbocycles. The lowest BCUT2D eigenvalue weighted by Crippen LogP contribution is -2.17. The van der Waals surface area contributed by atoms with Crippen LogP contribution in [-0.2, 0) is 14.9 Å². The Morgan fingerprint density at radius 1 is 1.00 bits per heavy atom. The van der Waals surface area contributed by atoms with Gasteiger partial charge in [-0.15, -0.1) is 0 Å². The molecule has 3 aromatic carbocycles. The highest BCUT2D eigenvalue weighted by molar-refractivity contribution is 14.1. The van der Waals surface area contributed by atoms with Crippen molar-refractivity contribution < 1.29 is 22.2 Å². The van der Waals surface area contributed by atoms with Crippen molar-refractivity contribution in [3.8, 4) is 5.75 Å². The van der Waals surface area contributed by atoms with Gasteiger partial charge in [-0.05, 0) is 82.8 Å². The number of hydrogen-bond donors (Lipinski definition) is 2. The molecule has 0 aliphatic carbocycles. The molecule has 10 heteroatoms. The molecule has 2 amide bonds. The summed E-state index contributed by atoms with van der Waals surface area (Å²) in [5.41, 5.74) is 3.90. The fraction of sp³-hybridized carbons (Fsp3) is 0.0455. The van der Waals surface area contributed by atoms with Gasteiger partial charge in [0.25, 0.3) is 5.91 Å². The molecular formula is C22H18IN3O5S. The first-order valence-electron chi connectivity index (χ1n) is 9.24. The maximum Gasteiger partial charge on any atom is 0.339 e. The second kappa shape index (κ2) is 10.4. The van der Waals surface area contributed by atoms with Crippen molar-refractivity contribution in [2.24, 2.45) is 5.10 Å². The van der Waals surface area contributed by atoms with E-state index in [2.05, 4.69) is 38.4 Å². The van der Waals surface area contributed by atoms with Crippen molar-refractivity contribution in [2.75, 3.05) is 5.32 Å². The van der Waals surface area contributed by atoms with Gasteiger partial charge < -0.3 is 9.50 Å². The third-order valence-corrected chi connectivity index (χ3v) is 5.93. The summed E-state index contributed by atoms with van der Waals surface area (Å²) in [5, 5.41) is 6.47. The Labute approximate surface area is 199 Å². The third-order valence-electron chi connectivity index (χ3n) is 3.99.